The standard InChI is InChI=1S/C16H24N2O2S/c1-10(2)9-16(7-5-6-8-16)15-17-11(3)12(13(21)18-15)14(19)20-4/h10H,5-9H2,1-4H3,(H,17,18,21). The number of nitrogens with zero attached hydrogens (tertiary/aromatic N) is 1. The van der Waals surface area contributed by atoms with Gasteiger partial charge in [-0.1, -0.05) is 38.9 Å². The first-order valence-electron chi connectivity index (χ1n) is 7.59. The lowest BCUT2D eigenvalue weighted by molar-refractivity contribution is 0.0598. The summed E-state index contributed by atoms with van der Waals surface area (Å²) in [7, 11) is 1.36. The zero-order chi connectivity index (χ0) is 15.6. The number of carbonyl (C=O) groups is 1. The van der Waals surface area contributed by atoms with Crippen molar-refractivity contribution in [3.8, 4) is 0 Å². The Morgan fingerprint density at radius 1 is 1.43 bits per heavy atom. The Hall–Kier alpha value is -1.23. The molecule has 0 radical (unpaired) electrons. The van der Waals surface area contributed by atoms with Gasteiger partial charge in [-0.3, -0.25) is 0 Å². The van der Waals surface area contributed by atoms with Gasteiger partial charge in [-0.05, 0) is 32.1 Å². The SMILES string of the molecule is COC(=O)c1c(C)[nH]c(C2(CC(C)C)CCCC2)nc1=S. The molecule has 5 heteroatoms. The lowest BCUT2D eigenvalue weighted by Crippen LogP contribution is -2.28. The van der Waals surface area contributed by atoms with E-state index in [0.717, 1.165) is 30.8 Å². The Kier molecular flexibility index (Phi) is 4.81. The van der Waals surface area contributed by atoms with Crippen LogP contribution in [0.4, 0.5) is 0 Å². The van der Waals surface area contributed by atoms with E-state index in [0.29, 0.717) is 16.1 Å². The Labute approximate surface area is 131 Å². The van der Waals surface area contributed by atoms with E-state index in [4.69, 9.17) is 17.0 Å². The van der Waals surface area contributed by atoms with Crippen LogP contribution in [0.15, 0.2) is 0 Å². The second-order valence-electron chi connectivity index (χ2n) is 6.47. The number of carbonyl (C=O) groups excluding carboxylic acids is 1. The number of esters is 1. The average molecular weight is 308 g/mol. The van der Waals surface area contributed by atoms with Gasteiger partial charge in [0.1, 0.15) is 16.0 Å². The number of rotatable bonds is 4. The number of aromatic amines is 1. The molecule has 0 saturated heterocycles. The van der Waals surface area contributed by atoms with E-state index < -0.39 is 5.97 Å². The predicted octanol–water partition coefficient (Wildman–Crippen LogP) is 4.09. The van der Waals surface area contributed by atoms with Crippen LogP contribution in [0.25, 0.3) is 0 Å². The summed E-state index contributed by atoms with van der Waals surface area (Å²) in [4.78, 5) is 19.7. The zero-order valence-corrected chi connectivity index (χ0v) is 14.1. The van der Waals surface area contributed by atoms with Gasteiger partial charge in [0, 0.05) is 11.1 Å². The van der Waals surface area contributed by atoms with Crippen molar-refractivity contribution in [1.82, 2.24) is 9.97 Å². The summed E-state index contributed by atoms with van der Waals surface area (Å²) in [6.45, 7) is 6.35. The molecule has 1 aromatic heterocycles. The van der Waals surface area contributed by atoms with E-state index >= 15 is 0 Å². The fourth-order valence-electron chi connectivity index (χ4n) is 3.55. The third kappa shape index (κ3) is 3.18. The van der Waals surface area contributed by atoms with E-state index in [9.17, 15) is 4.79 Å². The van der Waals surface area contributed by atoms with Crippen molar-refractivity contribution in [3.63, 3.8) is 0 Å². The fourth-order valence-corrected chi connectivity index (χ4v) is 3.88. The number of H-pyrrole nitrogens is 1. The van der Waals surface area contributed by atoms with Crippen LogP contribution in [0.1, 0.15) is 67.8 Å². The second kappa shape index (κ2) is 6.26. The van der Waals surface area contributed by atoms with Gasteiger partial charge in [-0.2, -0.15) is 0 Å². The molecular formula is C16H24N2O2S. The van der Waals surface area contributed by atoms with Crippen LogP contribution in [0.5, 0.6) is 0 Å². The molecule has 1 fully saturated rings. The Morgan fingerprint density at radius 2 is 2.05 bits per heavy atom. The van der Waals surface area contributed by atoms with Gasteiger partial charge in [-0.15, -0.1) is 0 Å². The number of hydrogen-bond acceptors (Lipinski definition) is 4. The molecule has 2 rings (SSSR count). The minimum Gasteiger partial charge on any atom is -0.465 e. The molecule has 4 nitrogen and oxygen atoms in total. The maximum absolute atomic E-state index is 11.8. The van der Waals surface area contributed by atoms with Crippen molar-refractivity contribution < 1.29 is 9.53 Å². The summed E-state index contributed by atoms with van der Waals surface area (Å²) in [6.07, 6.45) is 5.84. The third-order valence-corrected chi connectivity index (χ3v) is 4.66. The predicted molar refractivity (Wildman–Crippen MR) is 85.1 cm³/mol. The first-order chi connectivity index (χ1) is 9.89. The van der Waals surface area contributed by atoms with E-state index in [2.05, 4.69) is 23.8 Å². The molecule has 0 amide bonds. The number of aryl methyl sites for hydroxylation is 1. The van der Waals surface area contributed by atoms with Crippen LogP contribution in [-0.2, 0) is 10.2 Å². The van der Waals surface area contributed by atoms with Gasteiger partial charge in [-0.25, -0.2) is 9.78 Å². The molecular weight excluding hydrogens is 284 g/mol. The van der Waals surface area contributed by atoms with Crippen LogP contribution in [0.3, 0.4) is 0 Å². The highest BCUT2D eigenvalue weighted by Gasteiger charge is 2.38. The molecule has 0 bridgehead atoms. The van der Waals surface area contributed by atoms with E-state index in [-0.39, 0.29) is 5.41 Å². The van der Waals surface area contributed by atoms with Crippen molar-refractivity contribution in [2.24, 2.45) is 5.92 Å². The van der Waals surface area contributed by atoms with Crippen LogP contribution in [0, 0.1) is 17.5 Å². The highest BCUT2D eigenvalue weighted by Crippen LogP contribution is 2.44. The summed E-state index contributed by atoms with van der Waals surface area (Å²) >= 11 is 5.34. The molecule has 1 N–H and O–H groups in total. The fraction of sp³-hybridized carbons (Fsp3) is 0.688. The number of ether oxygens (including phenoxy) is 1. The van der Waals surface area contributed by atoms with Crippen LogP contribution in [0.2, 0.25) is 0 Å². The van der Waals surface area contributed by atoms with E-state index in [1.165, 1.54) is 20.0 Å². The Bertz CT molecular complexity index is 586. The maximum Gasteiger partial charge on any atom is 0.342 e. The van der Waals surface area contributed by atoms with Gasteiger partial charge in [0.05, 0.1) is 7.11 Å². The van der Waals surface area contributed by atoms with Crippen molar-refractivity contribution in [1.29, 1.82) is 0 Å². The molecule has 116 valence electrons. The monoisotopic (exact) mass is 308 g/mol. The molecule has 21 heavy (non-hydrogen) atoms. The third-order valence-electron chi connectivity index (χ3n) is 4.36. The Balaban J connectivity index is 2.49. The van der Waals surface area contributed by atoms with Crippen molar-refractivity contribution in [2.75, 3.05) is 7.11 Å². The summed E-state index contributed by atoms with van der Waals surface area (Å²) in [5.74, 6) is 1.13. The lowest BCUT2D eigenvalue weighted by Gasteiger charge is -2.30. The molecule has 0 atom stereocenters. The highest BCUT2D eigenvalue weighted by molar-refractivity contribution is 7.71. The van der Waals surface area contributed by atoms with Gasteiger partial charge < -0.3 is 9.72 Å². The topological polar surface area (TPSA) is 55.0 Å². The summed E-state index contributed by atoms with van der Waals surface area (Å²) in [6, 6.07) is 0. The minimum atomic E-state index is -0.419. The number of methoxy groups -OCH3 is 1. The zero-order valence-electron chi connectivity index (χ0n) is 13.3. The average Bonchev–Trinajstić information content (AvgIpc) is 2.86. The smallest absolute Gasteiger partial charge is 0.342 e. The van der Waals surface area contributed by atoms with E-state index in [1.807, 2.05) is 6.92 Å². The van der Waals surface area contributed by atoms with Gasteiger partial charge in [0.15, 0.2) is 0 Å². The van der Waals surface area contributed by atoms with Crippen LogP contribution >= 0.6 is 12.2 Å². The van der Waals surface area contributed by atoms with Crippen molar-refractivity contribution >= 4 is 18.2 Å². The van der Waals surface area contributed by atoms with Gasteiger partial charge in [0.2, 0.25) is 0 Å². The van der Waals surface area contributed by atoms with E-state index in [1.54, 1.807) is 0 Å². The summed E-state index contributed by atoms with van der Waals surface area (Å²) < 4.78 is 5.14. The van der Waals surface area contributed by atoms with Crippen LogP contribution < -0.4 is 0 Å². The quantitative estimate of drug-likeness (QED) is 0.672. The number of nitrogens with one attached hydrogen (secondary N) is 1. The van der Waals surface area contributed by atoms with Crippen molar-refractivity contribution in [2.45, 2.75) is 58.3 Å². The number of aromatic nitrogens is 2. The first kappa shape index (κ1) is 16.1. The molecule has 1 saturated carbocycles. The summed E-state index contributed by atoms with van der Waals surface area (Å²) in [5.41, 5.74) is 1.22. The molecule has 0 aliphatic heterocycles. The van der Waals surface area contributed by atoms with Crippen LogP contribution in [-0.4, -0.2) is 23.0 Å². The molecule has 1 aliphatic carbocycles. The second-order valence-corrected chi connectivity index (χ2v) is 6.85. The molecule has 0 unspecified atom stereocenters. The maximum atomic E-state index is 11.8. The van der Waals surface area contributed by atoms with Gasteiger partial charge in [0.25, 0.3) is 0 Å². The Morgan fingerprint density at radius 3 is 2.52 bits per heavy atom. The number of hydrogen-bond donors (Lipinski definition) is 1. The largest absolute Gasteiger partial charge is 0.465 e. The highest BCUT2D eigenvalue weighted by atomic mass is 32.1. The molecule has 1 aliphatic rings. The molecule has 1 aromatic rings. The lowest BCUT2D eigenvalue weighted by atomic mass is 9.77. The normalized spacial score (nSPS) is 17.2. The molecule has 0 aromatic carbocycles. The minimum absolute atomic E-state index is 0.0845. The van der Waals surface area contributed by atoms with Crippen molar-refractivity contribution in [3.05, 3.63) is 21.7 Å². The van der Waals surface area contributed by atoms with Gasteiger partial charge >= 0.3 is 5.97 Å². The summed E-state index contributed by atoms with van der Waals surface area (Å²) in [5, 5.41) is 0. The molecule has 0 spiro atoms. The first-order valence-corrected chi connectivity index (χ1v) is 8.00. The molecule has 1 heterocycles.